The number of benzene rings is 1. The van der Waals surface area contributed by atoms with E-state index in [1.54, 1.807) is 7.11 Å². The Hall–Kier alpha value is -0.830. The molecule has 3 aliphatic rings. The first-order valence-corrected chi connectivity index (χ1v) is 11.1. The van der Waals surface area contributed by atoms with E-state index in [0.29, 0.717) is 16.7 Å². The van der Waals surface area contributed by atoms with Gasteiger partial charge in [-0.2, -0.15) is 0 Å². The Kier molecular flexibility index (Phi) is 4.34. The number of fused-ring (bicyclic) bond motifs is 5. The molecule has 3 heteroatoms. The van der Waals surface area contributed by atoms with Gasteiger partial charge in [-0.3, -0.25) is 0 Å². The molecule has 0 N–H and O–H groups in total. The topological polar surface area (TPSA) is 18.5 Å². The number of methoxy groups -OCH3 is 2. The molecular weight excluding hydrogens is 340 g/mol. The van der Waals surface area contributed by atoms with Gasteiger partial charge in [-0.15, -0.1) is 11.8 Å². The maximum absolute atomic E-state index is 5.89. The summed E-state index contributed by atoms with van der Waals surface area (Å²) in [5.74, 6) is 4.72. The first kappa shape index (κ1) is 18.5. The molecule has 0 spiro atoms. The Morgan fingerprint density at radius 1 is 0.962 bits per heavy atom. The van der Waals surface area contributed by atoms with Crippen LogP contribution in [0.15, 0.2) is 17.0 Å². The van der Waals surface area contributed by atoms with Gasteiger partial charge in [0.25, 0.3) is 0 Å². The van der Waals surface area contributed by atoms with E-state index in [-0.39, 0.29) is 5.41 Å². The zero-order valence-corrected chi connectivity index (χ0v) is 18.1. The molecule has 4 rings (SSSR count). The van der Waals surface area contributed by atoms with Crippen LogP contribution < -0.4 is 9.47 Å². The highest BCUT2D eigenvalue weighted by molar-refractivity contribution is 7.99. The summed E-state index contributed by atoms with van der Waals surface area (Å²) < 4.78 is 11.4. The standard InChI is InChI=1S/C23H34O2S/c1-21(2)9-7-10-22(3)18(21)8-11-23(4)19(22)14-26-17-13-15(24-5)12-16(25-6)20(17)23/h12-13,18-19H,7-11,14H2,1-6H3. The third-order valence-corrected chi connectivity index (χ3v) is 9.40. The summed E-state index contributed by atoms with van der Waals surface area (Å²) in [4.78, 5) is 1.37. The van der Waals surface area contributed by atoms with Crippen LogP contribution in [0.1, 0.15) is 65.4 Å². The fraction of sp³-hybridized carbons (Fsp3) is 0.739. The Morgan fingerprint density at radius 2 is 1.73 bits per heavy atom. The summed E-state index contributed by atoms with van der Waals surface area (Å²) in [6.07, 6.45) is 6.77. The molecule has 0 bridgehead atoms. The SMILES string of the molecule is COc1cc(OC)c2c(c1)SCC1C2(C)CCC2C(C)(C)CCCC21C. The summed E-state index contributed by atoms with van der Waals surface area (Å²) in [5.41, 5.74) is 2.56. The summed E-state index contributed by atoms with van der Waals surface area (Å²) in [5, 5.41) is 0. The minimum Gasteiger partial charge on any atom is -0.497 e. The van der Waals surface area contributed by atoms with Gasteiger partial charge < -0.3 is 9.47 Å². The molecule has 2 fully saturated rings. The second kappa shape index (κ2) is 6.09. The molecule has 4 unspecified atom stereocenters. The zero-order chi connectivity index (χ0) is 18.7. The average Bonchev–Trinajstić information content (AvgIpc) is 2.59. The largest absolute Gasteiger partial charge is 0.497 e. The van der Waals surface area contributed by atoms with Crippen LogP contribution in [0.3, 0.4) is 0 Å². The molecule has 1 aromatic carbocycles. The third kappa shape index (κ3) is 2.45. The van der Waals surface area contributed by atoms with Crippen LogP contribution in [-0.4, -0.2) is 20.0 Å². The van der Waals surface area contributed by atoms with Crippen LogP contribution in [0.4, 0.5) is 0 Å². The summed E-state index contributed by atoms with van der Waals surface area (Å²) in [6, 6.07) is 4.31. The van der Waals surface area contributed by atoms with E-state index < -0.39 is 0 Å². The molecule has 144 valence electrons. The van der Waals surface area contributed by atoms with Gasteiger partial charge in [0.1, 0.15) is 11.5 Å². The van der Waals surface area contributed by atoms with Crippen molar-refractivity contribution in [2.24, 2.45) is 22.7 Å². The molecule has 1 heterocycles. The van der Waals surface area contributed by atoms with Gasteiger partial charge in [0, 0.05) is 27.7 Å². The van der Waals surface area contributed by atoms with Gasteiger partial charge in [0.2, 0.25) is 0 Å². The van der Waals surface area contributed by atoms with E-state index in [4.69, 9.17) is 9.47 Å². The fourth-order valence-electron chi connectivity index (χ4n) is 7.02. The molecule has 1 aromatic rings. The highest BCUT2D eigenvalue weighted by atomic mass is 32.2. The van der Waals surface area contributed by atoms with Gasteiger partial charge in [-0.25, -0.2) is 0 Å². The van der Waals surface area contributed by atoms with E-state index in [1.165, 1.54) is 48.3 Å². The second-order valence-electron chi connectivity index (χ2n) is 9.92. The Morgan fingerprint density at radius 3 is 2.42 bits per heavy atom. The lowest BCUT2D eigenvalue weighted by Gasteiger charge is -2.64. The van der Waals surface area contributed by atoms with Gasteiger partial charge in [0.15, 0.2) is 0 Å². The van der Waals surface area contributed by atoms with Crippen LogP contribution >= 0.6 is 11.8 Å². The molecule has 0 saturated heterocycles. The molecule has 1 aliphatic heterocycles. The minimum atomic E-state index is 0.205. The van der Waals surface area contributed by atoms with Crippen LogP contribution in [0, 0.1) is 22.7 Å². The Bertz CT molecular complexity index is 695. The highest BCUT2D eigenvalue weighted by Crippen LogP contribution is 2.68. The predicted molar refractivity (Wildman–Crippen MR) is 110 cm³/mol. The molecule has 0 aromatic heterocycles. The van der Waals surface area contributed by atoms with Crippen molar-refractivity contribution in [3.8, 4) is 11.5 Å². The monoisotopic (exact) mass is 374 g/mol. The van der Waals surface area contributed by atoms with E-state index in [9.17, 15) is 0 Å². The van der Waals surface area contributed by atoms with E-state index in [1.807, 2.05) is 18.9 Å². The number of hydrogen-bond donors (Lipinski definition) is 0. The lowest BCUT2D eigenvalue weighted by molar-refractivity contribution is -0.0976. The van der Waals surface area contributed by atoms with Crippen LogP contribution in [-0.2, 0) is 5.41 Å². The maximum Gasteiger partial charge on any atom is 0.127 e. The van der Waals surface area contributed by atoms with Gasteiger partial charge in [0.05, 0.1) is 14.2 Å². The van der Waals surface area contributed by atoms with Crippen LogP contribution in [0.5, 0.6) is 11.5 Å². The molecule has 4 atom stereocenters. The summed E-state index contributed by atoms with van der Waals surface area (Å²) in [7, 11) is 3.55. The summed E-state index contributed by atoms with van der Waals surface area (Å²) >= 11 is 2.03. The van der Waals surface area contributed by atoms with E-state index >= 15 is 0 Å². The molecule has 26 heavy (non-hydrogen) atoms. The maximum atomic E-state index is 5.89. The first-order valence-electron chi connectivity index (χ1n) is 10.2. The van der Waals surface area contributed by atoms with Gasteiger partial charge in [-0.05, 0) is 54.4 Å². The molecular formula is C23H34O2S. The van der Waals surface area contributed by atoms with E-state index in [0.717, 1.165) is 17.4 Å². The van der Waals surface area contributed by atoms with Crippen molar-refractivity contribution in [2.75, 3.05) is 20.0 Å². The Balaban J connectivity index is 1.83. The highest BCUT2D eigenvalue weighted by Gasteiger charge is 2.60. The fourth-order valence-corrected chi connectivity index (χ4v) is 8.79. The number of thioether (sulfide) groups is 1. The lowest BCUT2D eigenvalue weighted by Crippen LogP contribution is -2.58. The molecule has 2 nitrogen and oxygen atoms in total. The molecule has 0 radical (unpaired) electrons. The second-order valence-corrected chi connectivity index (χ2v) is 11.0. The van der Waals surface area contributed by atoms with E-state index in [2.05, 4.69) is 39.8 Å². The average molecular weight is 375 g/mol. The van der Waals surface area contributed by atoms with Gasteiger partial charge >= 0.3 is 0 Å². The van der Waals surface area contributed by atoms with Gasteiger partial charge in [-0.1, -0.05) is 34.1 Å². The third-order valence-electron chi connectivity index (χ3n) is 8.27. The molecule has 2 saturated carbocycles. The van der Waals surface area contributed by atoms with Crippen molar-refractivity contribution in [1.29, 1.82) is 0 Å². The first-order chi connectivity index (χ1) is 12.3. The van der Waals surface area contributed by atoms with Crippen molar-refractivity contribution < 1.29 is 9.47 Å². The zero-order valence-electron chi connectivity index (χ0n) is 17.3. The van der Waals surface area contributed by atoms with Crippen molar-refractivity contribution in [2.45, 2.75) is 70.1 Å². The molecule has 2 aliphatic carbocycles. The van der Waals surface area contributed by atoms with Crippen molar-refractivity contribution >= 4 is 11.8 Å². The van der Waals surface area contributed by atoms with Crippen LogP contribution in [0.25, 0.3) is 0 Å². The lowest BCUT2D eigenvalue weighted by atomic mass is 9.43. The molecule has 0 amide bonds. The van der Waals surface area contributed by atoms with Crippen molar-refractivity contribution in [1.82, 2.24) is 0 Å². The minimum absolute atomic E-state index is 0.205. The van der Waals surface area contributed by atoms with Crippen LogP contribution in [0.2, 0.25) is 0 Å². The number of ether oxygens (including phenoxy) is 2. The quantitative estimate of drug-likeness (QED) is 0.604. The van der Waals surface area contributed by atoms with Crippen molar-refractivity contribution in [3.05, 3.63) is 17.7 Å². The number of hydrogen-bond acceptors (Lipinski definition) is 3. The summed E-state index contributed by atoms with van der Waals surface area (Å²) in [6.45, 7) is 10.2. The Labute approximate surface area is 163 Å². The van der Waals surface area contributed by atoms with Crippen molar-refractivity contribution in [3.63, 3.8) is 0 Å². The predicted octanol–water partition coefficient (Wildman–Crippen LogP) is 6.31. The normalized spacial score (nSPS) is 37.9. The number of rotatable bonds is 2. The smallest absolute Gasteiger partial charge is 0.127 e.